The maximum Gasteiger partial charge on any atom is 0.262 e. The van der Waals surface area contributed by atoms with E-state index in [0.29, 0.717) is 30.1 Å². The van der Waals surface area contributed by atoms with Crippen LogP contribution in [0.15, 0.2) is 45.3 Å². The predicted molar refractivity (Wildman–Crippen MR) is 121 cm³/mol. The van der Waals surface area contributed by atoms with Gasteiger partial charge in [0.1, 0.15) is 5.75 Å². The molecule has 1 saturated heterocycles. The van der Waals surface area contributed by atoms with Crippen LogP contribution in [0.2, 0.25) is 0 Å². The highest BCUT2D eigenvalue weighted by atomic mass is 79.9. The fraction of sp³-hybridized carbons (Fsp3) is 0.333. The summed E-state index contributed by atoms with van der Waals surface area (Å²) < 4.78 is 7.40. The average Bonchev–Trinajstić information content (AvgIpc) is 2.67. The summed E-state index contributed by atoms with van der Waals surface area (Å²) in [6, 6.07) is 10.9. The van der Waals surface area contributed by atoms with Crippen LogP contribution in [0.3, 0.4) is 0 Å². The van der Waals surface area contributed by atoms with Gasteiger partial charge in [0.05, 0.1) is 15.7 Å². The average molecular weight is 525 g/mol. The van der Waals surface area contributed by atoms with Crippen LogP contribution in [0.25, 0.3) is 0 Å². The number of hydrogen-bond donors (Lipinski definition) is 1. The maximum atomic E-state index is 12.9. The van der Waals surface area contributed by atoms with E-state index in [1.165, 1.54) is 0 Å². The monoisotopic (exact) mass is 523 g/mol. The van der Waals surface area contributed by atoms with Gasteiger partial charge in [0.25, 0.3) is 11.8 Å². The largest absolute Gasteiger partial charge is 0.482 e. The van der Waals surface area contributed by atoms with Crippen LogP contribution in [0, 0.1) is 6.92 Å². The number of halogens is 2. The third-order valence-electron chi connectivity index (χ3n) is 4.76. The molecule has 0 bridgehead atoms. The van der Waals surface area contributed by atoms with Crippen molar-refractivity contribution in [2.45, 2.75) is 6.92 Å². The predicted octanol–water partition coefficient (Wildman–Crippen LogP) is 3.93. The van der Waals surface area contributed by atoms with Gasteiger partial charge in [-0.05, 0) is 59.7 Å². The molecule has 0 aliphatic carbocycles. The number of piperazine rings is 1. The van der Waals surface area contributed by atoms with Crippen LogP contribution in [-0.4, -0.2) is 61.4 Å². The molecule has 2 aromatic carbocycles. The number of aryl methyl sites for hydroxylation is 1. The summed E-state index contributed by atoms with van der Waals surface area (Å²) >= 11 is 6.88. The molecule has 6 nitrogen and oxygen atoms in total. The Morgan fingerprint density at radius 2 is 1.79 bits per heavy atom. The van der Waals surface area contributed by atoms with E-state index >= 15 is 0 Å². The van der Waals surface area contributed by atoms with E-state index in [1.807, 2.05) is 31.0 Å². The number of ether oxygens (including phenoxy) is 1. The highest BCUT2D eigenvalue weighted by Crippen LogP contribution is 2.32. The van der Waals surface area contributed by atoms with Crippen molar-refractivity contribution in [3.05, 3.63) is 56.5 Å². The molecule has 0 saturated carbocycles. The molecule has 1 aliphatic heterocycles. The Kier molecular flexibility index (Phi) is 7.32. The fourth-order valence-corrected chi connectivity index (χ4v) is 4.71. The molecule has 0 aromatic heterocycles. The van der Waals surface area contributed by atoms with Crippen LogP contribution < -0.4 is 10.1 Å². The van der Waals surface area contributed by atoms with E-state index in [-0.39, 0.29) is 18.4 Å². The molecule has 0 spiro atoms. The highest BCUT2D eigenvalue weighted by molar-refractivity contribution is 9.11. The fourth-order valence-electron chi connectivity index (χ4n) is 3.15. The molecule has 3 rings (SSSR count). The van der Waals surface area contributed by atoms with Gasteiger partial charge >= 0.3 is 0 Å². The minimum atomic E-state index is -0.321. The summed E-state index contributed by atoms with van der Waals surface area (Å²) in [5.74, 6) is 0.226. The molecule has 29 heavy (non-hydrogen) atoms. The van der Waals surface area contributed by atoms with Gasteiger partial charge in [0.15, 0.2) is 6.61 Å². The van der Waals surface area contributed by atoms with E-state index in [0.717, 1.165) is 27.6 Å². The quantitative estimate of drug-likeness (QED) is 0.643. The number of carbonyl (C=O) groups is 2. The highest BCUT2D eigenvalue weighted by Gasteiger charge is 2.23. The first kappa shape index (κ1) is 21.8. The Labute approximate surface area is 187 Å². The molecular weight excluding hydrogens is 502 g/mol. The third-order valence-corrected chi connectivity index (χ3v) is 5.81. The van der Waals surface area contributed by atoms with E-state index < -0.39 is 0 Å². The molecule has 154 valence electrons. The molecule has 1 aliphatic rings. The molecule has 0 radical (unpaired) electrons. The molecule has 8 heteroatoms. The second-order valence-corrected chi connectivity index (χ2v) is 8.78. The maximum absolute atomic E-state index is 12.9. The minimum absolute atomic E-state index is 0.0681. The lowest BCUT2D eigenvalue weighted by molar-refractivity contribution is -0.118. The summed E-state index contributed by atoms with van der Waals surface area (Å²) in [6.07, 6.45) is 0. The molecule has 1 N–H and O–H groups in total. The number of anilines is 1. The topological polar surface area (TPSA) is 61.9 Å². The van der Waals surface area contributed by atoms with Crippen molar-refractivity contribution in [3.8, 4) is 5.75 Å². The lowest BCUT2D eigenvalue weighted by atomic mass is 10.1. The van der Waals surface area contributed by atoms with Crippen molar-refractivity contribution in [3.63, 3.8) is 0 Å². The SMILES string of the molecule is Cc1cc(Br)cc(Br)c1OCC(=O)Nc1ccccc1C(=O)N1CCN(C)CC1. The number of nitrogens with one attached hydrogen (secondary N) is 1. The van der Waals surface area contributed by atoms with Crippen molar-refractivity contribution < 1.29 is 14.3 Å². The standard InChI is InChI=1S/C21H23Br2N3O3/c1-14-11-15(22)12-17(23)20(14)29-13-19(27)24-18-6-4-3-5-16(18)21(28)26-9-7-25(2)8-10-26/h3-6,11-12H,7-10,13H2,1-2H3,(H,24,27). The van der Waals surface area contributed by atoms with Gasteiger partial charge in [-0.25, -0.2) is 0 Å². The molecule has 0 unspecified atom stereocenters. The Morgan fingerprint density at radius 3 is 2.48 bits per heavy atom. The number of amides is 2. The van der Waals surface area contributed by atoms with Crippen LogP contribution in [0.1, 0.15) is 15.9 Å². The van der Waals surface area contributed by atoms with Gasteiger partial charge in [0.2, 0.25) is 0 Å². The normalized spacial score (nSPS) is 14.6. The molecule has 2 aromatic rings. The van der Waals surface area contributed by atoms with Crippen LogP contribution in [0.4, 0.5) is 5.69 Å². The zero-order valence-corrected chi connectivity index (χ0v) is 19.5. The van der Waals surface area contributed by atoms with E-state index in [9.17, 15) is 9.59 Å². The van der Waals surface area contributed by atoms with Crippen molar-refractivity contribution in [2.24, 2.45) is 0 Å². The van der Waals surface area contributed by atoms with Crippen LogP contribution in [-0.2, 0) is 4.79 Å². The van der Waals surface area contributed by atoms with E-state index in [4.69, 9.17) is 4.74 Å². The van der Waals surface area contributed by atoms with Gasteiger partial charge in [-0.15, -0.1) is 0 Å². The Balaban J connectivity index is 1.66. The van der Waals surface area contributed by atoms with Crippen LogP contribution in [0.5, 0.6) is 5.75 Å². The van der Waals surface area contributed by atoms with Crippen molar-refractivity contribution in [1.29, 1.82) is 0 Å². The summed E-state index contributed by atoms with van der Waals surface area (Å²) in [6.45, 7) is 4.80. The first-order valence-electron chi connectivity index (χ1n) is 9.30. The van der Waals surface area contributed by atoms with Gasteiger partial charge in [-0.3, -0.25) is 9.59 Å². The van der Waals surface area contributed by atoms with Crippen LogP contribution >= 0.6 is 31.9 Å². The van der Waals surface area contributed by atoms with Gasteiger partial charge in [-0.1, -0.05) is 28.1 Å². The molecule has 0 atom stereocenters. The Bertz CT molecular complexity index is 889. The van der Waals surface area contributed by atoms with E-state index in [1.54, 1.807) is 24.3 Å². The smallest absolute Gasteiger partial charge is 0.262 e. The van der Waals surface area contributed by atoms with Gasteiger partial charge < -0.3 is 19.9 Å². The number of benzene rings is 2. The summed E-state index contributed by atoms with van der Waals surface area (Å²) in [4.78, 5) is 29.4. The number of rotatable bonds is 5. The molecule has 2 amide bonds. The Morgan fingerprint density at radius 1 is 1.10 bits per heavy atom. The minimum Gasteiger partial charge on any atom is -0.482 e. The van der Waals surface area contributed by atoms with Crippen molar-refractivity contribution >= 4 is 49.4 Å². The Hall–Kier alpha value is -1.90. The molecular formula is C21H23Br2N3O3. The zero-order chi connectivity index (χ0) is 21.0. The number of para-hydroxylation sites is 1. The summed E-state index contributed by atoms with van der Waals surface area (Å²) in [5.41, 5.74) is 1.90. The zero-order valence-electron chi connectivity index (χ0n) is 16.4. The molecule has 1 heterocycles. The van der Waals surface area contributed by atoms with Crippen molar-refractivity contribution in [1.82, 2.24) is 9.80 Å². The number of carbonyl (C=O) groups excluding carboxylic acids is 2. The number of likely N-dealkylation sites (N-methyl/N-ethyl adjacent to an activating group) is 1. The van der Waals surface area contributed by atoms with Gasteiger partial charge in [0, 0.05) is 30.7 Å². The lowest BCUT2D eigenvalue weighted by Gasteiger charge is -2.32. The van der Waals surface area contributed by atoms with Gasteiger partial charge in [-0.2, -0.15) is 0 Å². The summed E-state index contributed by atoms with van der Waals surface area (Å²) in [7, 11) is 2.04. The third kappa shape index (κ3) is 5.58. The van der Waals surface area contributed by atoms with E-state index in [2.05, 4.69) is 42.1 Å². The summed E-state index contributed by atoms with van der Waals surface area (Å²) in [5, 5.41) is 2.81. The second-order valence-electron chi connectivity index (χ2n) is 7.01. The second kappa shape index (κ2) is 9.73. The first-order chi connectivity index (χ1) is 13.8. The number of nitrogens with zero attached hydrogens (tertiary/aromatic N) is 2. The first-order valence-corrected chi connectivity index (χ1v) is 10.9. The molecule has 1 fully saturated rings. The lowest BCUT2D eigenvalue weighted by Crippen LogP contribution is -2.47. The van der Waals surface area contributed by atoms with Crippen molar-refractivity contribution in [2.75, 3.05) is 45.2 Å². The number of hydrogen-bond acceptors (Lipinski definition) is 4.